The van der Waals surface area contributed by atoms with E-state index in [0.717, 1.165) is 4.40 Å². The van der Waals surface area contributed by atoms with Gasteiger partial charge in [-0.25, -0.2) is 14.0 Å². The predicted molar refractivity (Wildman–Crippen MR) is 47.2 cm³/mol. The molecule has 0 fully saturated rings. The summed E-state index contributed by atoms with van der Waals surface area (Å²) in [4.78, 5) is 21.8. The third kappa shape index (κ3) is 1.37. The van der Waals surface area contributed by atoms with Gasteiger partial charge in [0.1, 0.15) is 0 Å². The largest absolute Gasteiger partial charge is 0.478 e. The molecule has 6 nitrogen and oxygen atoms in total. The van der Waals surface area contributed by atoms with Crippen molar-refractivity contribution in [2.24, 2.45) is 0 Å². The topological polar surface area (TPSA) is 76.6 Å². The number of aromatic nitrogens is 3. The van der Waals surface area contributed by atoms with Crippen molar-refractivity contribution in [3.63, 3.8) is 0 Å². The van der Waals surface area contributed by atoms with Gasteiger partial charge in [-0.05, 0) is 12.1 Å². The van der Waals surface area contributed by atoms with E-state index in [1.165, 1.54) is 12.3 Å². The van der Waals surface area contributed by atoms with Crippen LogP contribution in [0.2, 0.25) is 0 Å². The first-order valence-corrected chi connectivity index (χ1v) is 4.04. The van der Waals surface area contributed by atoms with Crippen LogP contribution in [0, 0.1) is 0 Å². The van der Waals surface area contributed by atoms with E-state index >= 15 is 0 Å². The summed E-state index contributed by atoms with van der Waals surface area (Å²) in [7, 11) is 0. The maximum absolute atomic E-state index is 13.0. The van der Waals surface area contributed by atoms with E-state index in [1.54, 1.807) is 12.1 Å². The molecule has 15 heavy (non-hydrogen) atoms. The molecule has 2 heterocycles. The van der Waals surface area contributed by atoms with E-state index in [0.29, 0.717) is 0 Å². The Balaban J connectivity index is 2.68. The van der Waals surface area contributed by atoms with Crippen molar-refractivity contribution in [1.29, 1.82) is 0 Å². The number of carboxylic acids is 1. The molecule has 0 saturated heterocycles. The van der Waals surface area contributed by atoms with Gasteiger partial charge in [-0.1, -0.05) is 6.07 Å². The van der Waals surface area contributed by atoms with Crippen LogP contribution in [0.15, 0.2) is 29.2 Å². The van der Waals surface area contributed by atoms with Crippen LogP contribution >= 0.6 is 0 Å². The molecular formula is C8H6FN3O3. The third-order valence-electron chi connectivity index (χ3n) is 1.87. The number of halogens is 1. The fourth-order valence-corrected chi connectivity index (χ4v) is 1.19. The minimum atomic E-state index is -2.46. The maximum Gasteiger partial charge on any atom is 0.361 e. The molecule has 0 bridgehead atoms. The van der Waals surface area contributed by atoms with Gasteiger partial charge in [-0.2, -0.15) is 4.68 Å². The summed E-state index contributed by atoms with van der Waals surface area (Å²) in [5.74, 6) is -1.75. The number of alkyl halides is 1. The molecule has 2 rings (SSSR count). The Hall–Kier alpha value is -2.18. The Morgan fingerprint density at radius 3 is 2.87 bits per heavy atom. The first-order valence-electron chi connectivity index (χ1n) is 4.04. The lowest BCUT2D eigenvalue weighted by molar-refractivity contribution is -0.147. The van der Waals surface area contributed by atoms with Crippen molar-refractivity contribution in [1.82, 2.24) is 14.2 Å². The van der Waals surface area contributed by atoms with E-state index in [2.05, 4.69) is 5.10 Å². The number of carbonyl (C=O) groups is 1. The highest BCUT2D eigenvalue weighted by atomic mass is 19.1. The second-order valence-corrected chi connectivity index (χ2v) is 2.83. The van der Waals surface area contributed by atoms with Gasteiger partial charge in [0.15, 0.2) is 5.65 Å². The Morgan fingerprint density at radius 1 is 1.53 bits per heavy atom. The molecule has 0 radical (unpaired) electrons. The number of fused-ring (bicyclic) bond motifs is 1. The molecule has 0 aromatic carbocycles. The van der Waals surface area contributed by atoms with E-state index < -0.39 is 18.0 Å². The van der Waals surface area contributed by atoms with Crippen molar-refractivity contribution in [3.05, 3.63) is 34.9 Å². The van der Waals surface area contributed by atoms with Crippen LogP contribution < -0.4 is 5.69 Å². The van der Waals surface area contributed by atoms with Crippen LogP contribution in [-0.2, 0) is 4.79 Å². The number of pyridine rings is 1. The van der Waals surface area contributed by atoms with Gasteiger partial charge in [-0.3, -0.25) is 4.40 Å². The third-order valence-corrected chi connectivity index (χ3v) is 1.87. The molecule has 1 N–H and O–H groups in total. The van der Waals surface area contributed by atoms with E-state index in [-0.39, 0.29) is 10.3 Å². The lowest BCUT2D eigenvalue weighted by Gasteiger charge is -1.98. The molecule has 78 valence electrons. The Bertz CT molecular complexity index is 574. The highest BCUT2D eigenvalue weighted by molar-refractivity contribution is 5.69. The predicted octanol–water partition coefficient (Wildman–Crippen LogP) is 0.0487. The fraction of sp³-hybridized carbons (Fsp3) is 0.125. The standard InChI is InChI=1S/C8H6FN3O3/c9-6(7(13)14)12-8(15)11-4-2-1-3-5(11)10-12/h1-4,6H,(H,13,14). The van der Waals surface area contributed by atoms with Gasteiger partial charge in [0.05, 0.1) is 0 Å². The molecule has 2 aromatic rings. The molecule has 7 heteroatoms. The summed E-state index contributed by atoms with van der Waals surface area (Å²) in [5, 5.41) is 11.9. The average molecular weight is 211 g/mol. The summed E-state index contributed by atoms with van der Waals surface area (Å²) in [5.41, 5.74) is -0.619. The SMILES string of the molecule is O=C(O)C(F)n1nc2ccccn2c1=O. The summed E-state index contributed by atoms with van der Waals surface area (Å²) >= 11 is 0. The Kier molecular flexibility index (Phi) is 2.00. The zero-order chi connectivity index (χ0) is 11.0. The molecule has 1 unspecified atom stereocenters. The average Bonchev–Trinajstić information content (AvgIpc) is 2.56. The van der Waals surface area contributed by atoms with Gasteiger partial charge >= 0.3 is 11.7 Å². The minimum Gasteiger partial charge on any atom is -0.478 e. The summed E-state index contributed by atoms with van der Waals surface area (Å²) in [6.45, 7) is 0. The van der Waals surface area contributed by atoms with Gasteiger partial charge in [0.25, 0.3) is 6.30 Å². The van der Waals surface area contributed by atoms with Crippen molar-refractivity contribution in [3.8, 4) is 0 Å². The second kappa shape index (κ2) is 3.19. The highest BCUT2D eigenvalue weighted by Gasteiger charge is 2.22. The molecule has 0 saturated carbocycles. The molecule has 1 atom stereocenters. The molecule has 0 spiro atoms. The van der Waals surface area contributed by atoms with Crippen LogP contribution in [0.5, 0.6) is 0 Å². The van der Waals surface area contributed by atoms with Crippen LogP contribution in [0.25, 0.3) is 5.65 Å². The van der Waals surface area contributed by atoms with Gasteiger partial charge < -0.3 is 5.11 Å². The number of hydrogen-bond acceptors (Lipinski definition) is 3. The van der Waals surface area contributed by atoms with Crippen molar-refractivity contribution in [2.75, 3.05) is 0 Å². The Morgan fingerprint density at radius 2 is 2.27 bits per heavy atom. The number of carboxylic acid groups (broad SMARTS) is 1. The van der Waals surface area contributed by atoms with E-state index in [9.17, 15) is 14.0 Å². The van der Waals surface area contributed by atoms with E-state index in [1.807, 2.05) is 0 Å². The minimum absolute atomic E-state index is 0.200. The van der Waals surface area contributed by atoms with Crippen molar-refractivity contribution in [2.45, 2.75) is 6.30 Å². The summed E-state index contributed by atoms with van der Waals surface area (Å²) < 4.78 is 14.4. The molecule has 2 aromatic heterocycles. The van der Waals surface area contributed by atoms with Gasteiger partial charge in [-0.15, -0.1) is 5.10 Å². The first-order chi connectivity index (χ1) is 7.11. The van der Waals surface area contributed by atoms with Crippen LogP contribution in [-0.4, -0.2) is 25.3 Å². The smallest absolute Gasteiger partial charge is 0.361 e. The summed E-state index contributed by atoms with van der Waals surface area (Å²) in [6, 6.07) is 4.65. The zero-order valence-corrected chi connectivity index (χ0v) is 7.37. The lowest BCUT2D eigenvalue weighted by atomic mass is 10.5. The molecule has 0 aliphatic rings. The van der Waals surface area contributed by atoms with Crippen LogP contribution in [0.4, 0.5) is 4.39 Å². The molecule has 0 amide bonds. The van der Waals surface area contributed by atoms with Gasteiger partial charge in [0, 0.05) is 6.20 Å². The number of nitrogens with zero attached hydrogens (tertiary/aromatic N) is 3. The fourth-order valence-electron chi connectivity index (χ4n) is 1.19. The first kappa shape index (κ1) is 9.38. The van der Waals surface area contributed by atoms with Crippen molar-refractivity contribution >= 4 is 11.6 Å². The highest BCUT2D eigenvalue weighted by Crippen LogP contribution is 2.05. The number of aliphatic carboxylic acids is 1. The molecular weight excluding hydrogens is 205 g/mol. The molecule has 0 aliphatic carbocycles. The lowest BCUT2D eigenvalue weighted by Crippen LogP contribution is -2.27. The normalized spacial score (nSPS) is 12.9. The number of rotatable bonds is 2. The van der Waals surface area contributed by atoms with E-state index in [4.69, 9.17) is 5.11 Å². The number of hydrogen-bond donors (Lipinski definition) is 1. The quantitative estimate of drug-likeness (QED) is 0.761. The second-order valence-electron chi connectivity index (χ2n) is 2.83. The van der Waals surface area contributed by atoms with Gasteiger partial charge in [0.2, 0.25) is 0 Å². The van der Waals surface area contributed by atoms with Crippen LogP contribution in [0.1, 0.15) is 6.30 Å². The zero-order valence-electron chi connectivity index (χ0n) is 7.37. The van der Waals surface area contributed by atoms with Crippen LogP contribution in [0.3, 0.4) is 0 Å². The van der Waals surface area contributed by atoms with Crippen molar-refractivity contribution < 1.29 is 14.3 Å². The molecule has 0 aliphatic heterocycles. The summed E-state index contributed by atoms with van der Waals surface area (Å²) in [6.07, 6.45) is -1.08. The Labute approximate surface area is 82.2 Å². The maximum atomic E-state index is 13.0. The monoisotopic (exact) mass is 211 g/mol.